The van der Waals surface area contributed by atoms with E-state index in [4.69, 9.17) is 4.74 Å². The Balaban J connectivity index is 1.93. The summed E-state index contributed by atoms with van der Waals surface area (Å²) < 4.78 is 4.96. The van der Waals surface area contributed by atoms with Crippen molar-refractivity contribution >= 4 is 45.7 Å². The molecule has 0 N–H and O–H groups in total. The van der Waals surface area contributed by atoms with Crippen molar-refractivity contribution in [1.82, 2.24) is 0 Å². The van der Waals surface area contributed by atoms with E-state index in [1.54, 1.807) is 17.9 Å². The monoisotopic (exact) mass is 375 g/mol. The van der Waals surface area contributed by atoms with E-state index in [1.165, 1.54) is 18.4 Å². The largest absolute Gasteiger partial charge is 0.465 e. The number of anilines is 1. The molecule has 1 amide bonds. The zero-order valence-corrected chi connectivity index (χ0v) is 15.7. The second-order valence-corrected chi connectivity index (χ2v) is 7.14. The average molecular weight is 375 g/mol. The molecule has 4 rings (SSSR count). The van der Waals surface area contributed by atoms with Crippen molar-refractivity contribution in [2.45, 2.75) is 6.92 Å². The lowest BCUT2D eigenvalue weighted by Crippen LogP contribution is -2.24. The van der Waals surface area contributed by atoms with Gasteiger partial charge >= 0.3 is 5.97 Å². The number of thiophene rings is 1. The summed E-state index contributed by atoms with van der Waals surface area (Å²) in [5.41, 5.74) is 2.00. The third kappa shape index (κ3) is 2.86. The van der Waals surface area contributed by atoms with Gasteiger partial charge in [-0.25, -0.2) is 4.79 Å². The van der Waals surface area contributed by atoms with Gasteiger partial charge in [0.25, 0.3) is 5.91 Å². The topological polar surface area (TPSA) is 46.6 Å². The molecule has 0 radical (unpaired) electrons. The van der Waals surface area contributed by atoms with Crippen LogP contribution in [0.4, 0.5) is 5.69 Å². The van der Waals surface area contributed by atoms with Crippen LogP contribution < -0.4 is 4.90 Å². The Labute approximate surface area is 161 Å². The molecule has 0 saturated carbocycles. The molecule has 0 spiro atoms. The van der Waals surface area contributed by atoms with Crippen molar-refractivity contribution in [2.75, 3.05) is 12.0 Å². The van der Waals surface area contributed by atoms with Crippen LogP contribution in [-0.2, 0) is 14.3 Å². The Morgan fingerprint density at radius 2 is 1.85 bits per heavy atom. The van der Waals surface area contributed by atoms with Crippen molar-refractivity contribution in [1.29, 1.82) is 0 Å². The highest BCUT2D eigenvalue weighted by Gasteiger charge is 2.38. The molecule has 0 atom stereocenters. The number of nitrogens with zero attached hydrogens (tertiary/aromatic N) is 1. The first-order valence-electron chi connectivity index (χ1n) is 8.49. The van der Waals surface area contributed by atoms with Crippen LogP contribution in [0.5, 0.6) is 0 Å². The molecule has 0 bridgehead atoms. The van der Waals surface area contributed by atoms with Gasteiger partial charge in [0.2, 0.25) is 0 Å². The third-order valence-corrected chi connectivity index (χ3v) is 5.45. The number of esters is 1. The minimum atomic E-state index is -0.508. The first kappa shape index (κ1) is 17.2. The number of amides is 1. The van der Waals surface area contributed by atoms with E-state index in [1.807, 2.05) is 60.0 Å². The lowest BCUT2D eigenvalue weighted by Gasteiger charge is -2.20. The molecule has 0 saturated heterocycles. The normalized spacial score (nSPS) is 15.9. The molecule has 0 aliphatic carbocycles. The summed E-state index contributed by atoms with van der Waals surface area (Å²) in [6.45, 7) is 1.78. The van der Waals surface area contributed by atoms with Gasteiger partial charge in [-0.15, -0.1) is 11.3 Å². The Bertz CT molecular complexity index is 1100. The van der Waals surface area contributed by atoms with Gasteiger partial charge in [-0.05, 0) is 35.9 Å². The van der Waals surface area contributed by atoms with Crippen LogP contribution in [0.1, 0.15) is 11.8 Å². The maximum atomic E-state index is 13.3. The first-order chi connectivity index (χ1) is 13.1. The molecule has 1 aliphatic heterocycles. The number of rotatable bonds is 3. The van der Waals surface area contributed by atoms with Crippen LogP contribution in [0.2, 0.25) is 0 Å². The summed E-state index contributed by atoms with van der Waals surface area (Å²) >= 11 is 1.51. The number of benzene rings is 2. The highest BCUT2D eigenvalue weighted by atomic mass is 32.1. The molecule has 0 fully saturated rings. The Morgan fingerprint density at radius 3 is 2.59 bits per heavy atom. The predicted molar refractivity (Wildman–Crippen MR) is 108 cm³/mol. The molecule has 1 aromatic heterocycles. The van der Waals surface area contributed by atoms with Crippen molar-refractivity contribution in [3.05, 3.63) is 81.7 Å². The fraction of sp³-hybridized carbons (Fsp3) is 0.0909. The average Bonchev–Trinajstić information content (AvgIpc) is 3.28. The molecular weight excluding hydrogens is 358 g/mol. The number of methoxy groups -OCH3 is 1. The zero-order chi connectivity index (χ0) is 19.0. The fourth-order valence-corrected chi connectivity index (χ4v) is 4.05. The second-order valence-electron chi connectivity index (χ2n) is 6.16. The van der Waals surface area contributed by atoms with Gasteiger partial charge in [-0.2, -0.15) is 0 Å². The first-order valence-corrected chi connectivity index (χ1v) is 9.36. The smallest absolute Gasteiger partial charge is 0.340 e. The quantitative estimate of drug-likeness (QED) is 0.489. The van der Waals surface area contributed by atoms with Crippen LogP contribution >= 0.6 is 11.3 Å². The number of fused-ring (bicyclic) bond motifs is 1. The van der Waals surface area contributed by atoms with E-state index >= 15 is 0 Å². The zero-order valence-electron chi connectivity index (χ0n) is 14.9. The maximum absolute atomic E-state index is 13.3. The number of hydrogen-bond donors (Lipinski definition) is 0. The summed E-state index contributed by atoms with van der Waals surface area (Å²) in [7, 11) is 1.33. The summed E-state index contributed by atoms with van der Waals surface area (Å²) in [4.78, 5) is 28.3. The highest BCUT2D eigenvalue weighted by Crippen LogP contribution is 2.38. The Hall–Kier alpha value is -3.18. The molecule has 2 aromatic carbocycles. The van der Waals surface area contributed by atoms with Gasteiger partial charge in [-0.3, -0.25) is 9.69 Å². The summed E-state index contributed by atoms with van der Waals surface area (Å²) in [5.74, 6) is -0.732. The third-order valence-electron chi connectivity index (χ3n) is 4.63. The van der Waals surface area contributed by atoms with E-state index in [0.29, 0.717) is 16.8 Å². The van der Waals surface area contributed by atoms with E-state index in [-0.39, 0.29) is 5.91 Å². The van der Waals surface area contributed by atoms with Gasteiger partial charge < -0.3 is 4.74 Å². The highest BCUT2D eigenvalue weighted by molar-refractivity contribution is 7.10. The lowest BCUT2D eigenvalue weighted by atomic mass is 10.1. The van der Waals surface area contributed by atoms with E-state index in [9.17, 15) is 9.59 Å². The number of ether oxygens (including phenoxy) is 1. The van der Waals surface area contributed by atoms with E-state index < -0.39 is 5.97 Å². The fourth-order valence-electron chi connectivity index (χ4n) is 3.39. The molecule has 134 valence electrons. The van der Waals surface area contributed by atoms with Gasteiger partial charge in [0.05, 0.1) is 23.9 Å². The predicted octanol–water partition coefficient (Wildman–Crippen LogP) is 4.78. The lowest BCUT2D eigenvalue weighted by molar-refractivity contribution is -0.136. The molecule has 4 nitrogen and oxygen atoms in total. The van der Waals surface area contributed by atoms with Gasteiger partial charge in [-0.1, -0.05) is 42.5 Å². The number of carbonyl (C=O) groups excluding carboxylic acids is 2. The van der Waals surface area contributed by atoms with Crippen LogP contribution in [0.15, 0.2) is 76.8 Å². The molecule has 3 aromatic rings. The molecule has 0 unspecified atom stereocenters. The number of allylic oxidation sites excluding steroid dienone is 1. The molecule has 2 heterocycles. The SMILES string of the molecule is COC(=O)C1=C(C)N(c2cccc3ccccc23)C(=O)/C1=C\c1cccs1. The molecular formula is C22H17NO3S. The number of hydrogen-bond acceptors (Lipinski definition) is 4. The Kier molecular flexibility index (Phi) is 4.38. The van der Waals surface area contributed by atoms with Crippen LogP contribution in [0.25, 0.3) is 16.8 Å². The van der Waals surface area contributed by atoms with Crippen LogP contribution in [-0.4, -0.2) is 19.0 Å². The van der Waals surface area contributed by atoms with Gasteiger partial charge in [0.15, 0.2) is 0 Å². The minimum Gasteiger partial charge on any atom is -0.465 e. The van der Waals surface area contributed by atoms with E-state index in [0.717, 1.165) is 21.3 Å². The van der Waals surface area contributed by atoms with Crippen LogP contribution in [0, 0.1) is 0 Å². The van der Waals surface area contributed by atoms with E-state index in [2.05, 4.69) is 0 Å². The standard InChI is InChI=1S/C22H17NO3S/c1-14-20(22(25)26-2)18(13-16-9-6-12-27-16)21(24)23(14)19-11-5-8-15-7-3-4-10-17(15)19/h3-13H,1-2H3/b18-13-. The summed E-state index contributed by atoms with van der Waals surface area (Å²) in [6.07, 6.45) is 1.76. The van der Waals surface area contributed by atoms with Gasteiger partial charge in [0.1, 0.15) is 0 Å². The van der Waals surface area contributed by atoms with Crippen molar-refractivity contribution in [3.63, 3.8) is 0 Å². The van der Waals surface area contributed by atoms with Crippen LogP contribution in [0.3, 0.4) is 0 Å². The van der Waals surface area contributed by atoms with Crippen molar-refractivity contribution in [3.8, 4) is 0 Å². The molecule has 5 heteroatoms. The van der Waals surface area contributed by atoms with Crippen molar-refractivity contribution in [2.24, 2.45) is 0 Å². The summed E-state index contributed by atoms with van der Waals surface area (Å²) in [5, 5.41) is 3.92. The minimum absolute atomic E-state index is 0.224. The summed E-state index contributed by atoms with van der Waals surface area (Å²) in [6, 6.07) is 17.5. The maximum Gasteiger partial charge on any atom is 0.340 e. The molecule has 1 aliphatic rings. The molecule has 27 heavy (non-hydrogen) atoms. The van der Waals surface area contributed by atoms with Gasteiger partial charge in [0, 0.05) is 16.0 Å². The Morgan fingerprint density at radius 1 is 1.07 bits per heavy atom. The second kappa shape index (κ2) is 6.85. The van der Waals surface area contributed by atoms with Crippen molar-refractivity contribution < 1.29 is 14.3 Å². The number of carbonyl (C=O) groups is 2.